The number of quaternary nitrogens is 1. The van der Waals surface area contributed by atoms with E-state index in [2.05, 4.69) is 11.4 Å². The molecule has 1 fully saturated rings. The van der Waals surface area contributed by atoms with Crippen molar-refractivity contribution < 1.29 is 9.69 Å². The van der Waals surface area contributed by atoms with Crippen LogP contribution in [0.1, 0.15) is 31.7 Å². The zero-order chi connectivity index (χ0) is 13.7. The predicted octanol–water partition coefficient (Wildman–Crippen LogP) is 0.954. The summed E-state index contributed by atoms with van der Waals surface area (Å²) in [5.74, 6) is 0.0342. The average Bonchev–Trinajstić information content (AvgIpc) is 2.47. The van der Waals surface area contributed by atoms with Crippen molar-refractivity contribution >= 4 is 11.6 Å². The number of carbonyl (C=O) groups is 1. The average molecular weight is 258 g/mol. The lowest BCUT2D eigenvalue weighted by Crippen LogP contribution is -3.17. The fourth-order valence-electron chi connectivity index (χ4n) is 2.54. The third-order valence-electron chi connectivity index (χ3n) is 3.76. The van der Waals surface area contributed by atoms with Crippen LogP contribution in [0.2, 0.25) is 0 Å². The van der Waals surface area contributed by atoms with Gasteiger partial charge in [-0.2, -0.15) is 5.26 Å². The summed E-state index contributed by atoms with van der Waals surface area (Å²) < 4.78 is 0. The summed E-state index contributed by atoms with van der Waals surface area (Å²) in [4.78, 5) is 13.6. The van der Waals surface area contributed by atoms with Gasteiger partial charge in [-0.25, -0.2) is 0 Å². The van der Waals surface area contributed by atoms with E-state index in [0.717, 1.165) is 13.1 Å². The van der Waals surface area contributed by atoms with Crippen molar-refractivity contribution in [2.24, 2.45) is 0 Å². The molecule has 1 aliphatic heterocycles. The summed E-state index contributed by atoms with van der Waals surface area (Å²) in [5.41, 5.74) is 1.27. The number of hydrogen-bond acceptors (Lipinski definition) is 2. The number of rotatable bonds is 3. The van der Waals surface area contributed by atoms with Crippen LogP contribution in [0.4, 0.5) is 5.69 Å². The Kier molecular flexibility index (Phi) is 4.53. The Labute approximate surface area is 114 Å². The maximum atomic E-state index is 12.2. The van der Waals surface area contributed by atoms with Gasteiger partial charge in [0.1, 0.15) is 0 Å². The van der Waals surface area contributed by atoms with Crippen LogP contribution in [0.3, 0.4) is 0 Å². The molecular formula is C15H20N3O+. The number of anilines is 1. The second-order valence-electron chi connectivity index (χ2n) is 5.12. The lowest BCUT2D eigenvalue weighted by atomic mass is 10.1. The summed E-state index contributed by atoms with van der Waals surface area (Å²) in [6.07, 6.45) is 3.69. The van der Waals surface area contributed by atoms with Crippen molar-refractivity contribution in [2.45, 2.75) is 32.2 Å². The van der Waals surface area contributed by atoms with E-state index in [0.29, 0.717) is 11.3 Å². The van der Waals surface area contributed by atoms with Gasteiger partial charge in [0.2, 0.25) is 0 Å². The zero-order valence-corrected chi connectivity index (χ0v) is 11.3. The monoisotopic (exact) mass is 258 g/mol. The van der Waals surface area contributed by atoms with Crippen LogP contribution in [0, 0.1) is 11.3 Å². The number of nitrogens with one attached hydrogen (secondary N) is 2. The fourth-order valence-corrected chi connectivity index (χ4v) is 2.54. The summed E-state index contributed by atoms with van der Waals surface area (Å²) in [6.45, 7) is 4.13. The van der Waals surface area contributed by atoms with Gasteiger partial charge < -0.3 is 10.2 Å². The highest BCUT2D eigenvalue weighted by molar-refractivity contribution is 5.93. The molecule has 19 heavy (non-hydrogen) atoms. The lowest BCUT2D eigenvalue weighted by Gasteiger charge is -2.28. The molecule has 0 aromatic heterocycles. The van der Waals surface area contributed by atoms with E-state index in [1.807, 2.05) is 13.0 Å². The van der Waals surface area contributed by atoms with Crippen LogP contribution in [-0.2, 0) is 4.79 Å². The molecule has 1 saturated heterocycles. The molecule has 1 aromatic carbocycles. The Bertz CT molecular complexity index is 486. The van der Waals surface area contributed by atoms with Gasteiger partial charge in [0.15, 0.2) is 6.04 Å². The maximum Gasteiger partial charge on any atom is 0.282 e. The first kappa shape index (κ1) is 13.6. The summed E-state index contributed by atoms with van der Waals surface area (Å²) in [7, 11) is 0. The molecule has 1 heterocycles. The Hall–Kier alpha value is -1.86. The molecule has 0 aliphatic carbocycles. The van der Waals surface area contributed by atoms with Crippen molar-refractivity contribution in [1.29, 1.82) is 5.26 Å². The smallest absolute Gasteiger partial charge is 0.282 e. The minimum absolute atomic E-state index is 0.0342. The van der Waals surface area contributed by atoms with Gasteiger partial charge in [0.05, 0.1) is 24.7 Å². The molecule has 1 amide bonds. The molecule has 1 aliphatic rings. The van der Waals surface area contributed by atoms with Crippen LogP contribution < -0.4 is 10.2 Å². The predicted molar refractivity (Wildman–Crippen MR) is 73.8 cm³/mol. The molecule has 0 bridgehead atoms. The molecule has 0 spiro atoms. The molecule has 1 atom stereocenters. The molecule has 4 heteroatoms. The van der Waals surface area contributed by atoms with Gasteiger partial charge in [-0.1, -0.05) is 6.07 Å². The van der Waals surface area contributed by atoms with Gasteiger partial charge in [0.25, 0.3) is 5.91 Å². The van der Waals surface area contributed by atoms with Gasteiger partial charge >= 0.3 is 0 Å². The molecule has 0 radical (unpaired) electrons. The van der Waals surface area contributed by atoms with E-state index >= 15 is 0 Å². The molecule has 100 valence electrons. The number of hydrogen-bond donors (Lipinski definition) is 2. The van der Waals surface area contributed by atoms with Crippen molar-refractivity contribution in [3.8, 4) is 6.07 Å². The van der Waals surface area contributed by atoms with Crippen molar-refractivity contribution in [2.75, 3.05) is 18.4 Å². The maximum absolute atomic E-state index is 12.2. The van der Waals surface area contributed by atoms with E-state index in [4.69, 9.17) is 5.26 Å². The summed E-state index contributed by atoms with van der Waals surface area (Å²) in [6, 6.07) is 9.08. The Morgan fingerprint density at radius 3 is 2.79 bits per heavy atom. The molecule has 1 aromatic rings. The standard InChI is InChI=1S/C15H19N3O/c1-12(18-8-3-2-4-9-18)15(19)17-14-7-5-6-13(10-14)11-16/h5-7,10,12H,2-4,8-9H2,1H3,(H,17,19)/p+1/t12-/m0/s1. The summed E-state index contributed by atoms with van der Waals surface area (Å²) in [5, 5.41) is 11.7. The highest BCUT2D eigenvalue weighted by Crippen LogP contribution is 2.09. The minimum Gasteiger partial charge on any atom is -0.325 e. The number of nitriles is 1. The topological polar surface area (TPSA) is 57.3 Å². The van der Waals surface area contributed by atoms with E-state index in [-0.39, 0.29) is 11.9 Å². The SMILES string of the molecule is C[C@@H](C(=O)Nc1cccc(C#N)c1)[NH+]1CCCCC1. The lowest BCUT2D eigenvalue weighted by molar-refractivity contribution is -0.918. The van der Waals surface area contributed by atoms with E-state index in [9.17, 15) is 4.79 Å². The van der Waals surface area contributed by atoms with Crippen LogP contribution in [-0.4, -0.2) is 25.0 Å². The van der Waals surface area contributed by atoms with Gasteiger partial charge in [-0.15, -0.1) is 0 Å². The normalized spacial score (nSPS) is 17.5. The van der Waals surface area contributed by atoms with Crippen LogP contribution >= 0.6 is 0 Å². The van der Waals surface area contributed by atoms with E-state index < -0.39 is 0 Å². The van der Waals surface area contributed by atoms with Crippen LogP contribution in [0.15, 0.2) is 24.3 Å². The van der Waals surface area contributed by atoms with Crippen molar-refractivity contribution in [3.05, 3.63) is 29.8 Å². The minimum atomic E-state index is -0.0361. The Morgan fingerprint density at radius 2 is 2.11 bits per heavy atom. The number of benzene rings is 1. The largest absolute Gasteiger partial charge is 0.325 e. The molecule has 2 rings (SSSR count). The number of piperidine rings is 1. The molecule has 2 N–H and O–H groups in total. The number of amides is 1. The first-order chi connectivity index (χ1) is 9.20. The quantitative estimate of drug-likeness (QED) is 0.848. The Balaban J connectivity index is 1.97. The fraction of sp³-hybridized carbons (Fsp3) is 0.467. The molecule has 0 unspecified atom stereocenters. The zero-order valence-electron chi connectivity index (χ0n) is 11.3. The summed E-state index contributed by atoms with van der Waals surface area (Å²) >= 11 is 0. The highest BCUT2D eigenvalue weighted by atomic mass is 16.2. The van der Waals surface area contributed by atoms with Crippen molar-refractivity contribution in [3.63, 3.8) is 0 Å². The van der Waals surface area contributed by atoms with Gasteiger partial charge in [-0.05, 0) is 44.4 Å². The molecule has 0 saturated carbocycles. The number of carbonyl (C=O) groups excluding carboxylic acids is 1. The first-order valence-corrected chi connectivity index (χ1v) is 6.86. The van der Waals surface area contributed by atoms with Gasteiger partial charge in [-0.3, -0.25) is 4.79 Å². The van der Waals surface area contributed by atoms with Gasteiger partial charge in [0, 0.05) is 5.69 Å². The Morgan fingerprint density at radius 1 is 1.37 bits per heavy atom. The van der Waals surface area contributed by atoms with Crippen molar-refractivity contribution in [1.82, 2.24) is 0 Å². The third kappa shape index (κ3) is 3.55. The van der Waals surface area contributed by atoms with E-state index in [1.165, 1.54) is 24.2 Å². The number of nitrogens with zero attached hydrogens (tertiary/aromatic N) is 1. The van der Waals surface area contributed by atoms with E-state index in [1.54, 1.807) is 18.2 Å². The molecule has 4 nitrogen and oxygen atoms in total. The first-order valence-electron chi connectivity index (χ1n) is 6.86. The third-order valence-corrected chi connectivity index (χ3v) is 3.76. The number of likely N-dealkylation sites (tertiary alicyclic amines) is 1. The van der Waals surface area contributed by atoms with Crippen LogP contribution in [0.25, 0.3) is 0 Å². The molecular weight excluding hydrogens is 238 g/mol. The van der Waals surface area contributed by atoms with Crippen LogP contribution in [0.5, 0.6) is 0 Å². The second-order valence-corrected chi connectivity index (χ2v) is 5.12. The second kappa shape index (κ2) is 6.35. The highest BCUT2D eigenvalue weighted by Gasteiger charge is 2.26.